The lowest BCUT2D eigenvalue weighted by molar-refractivity contribution is -0.124. The van der Waals surface area contributed by atoms with Gasteiger partial charge in [-0.1, -0.05) is 42.5 Å². The molecule has 3 rings (SSSR count). The first kappa shape index (κ1) is 14.3. The van der Waals surface area contributed by atoms with Crippen molar-refractivity contribution in [3.05, 3.63) is 70.8 Å². The molecule has 2 aromatic rings. The van der Waals surface area contributed by atoms with Crippen molar-refractivity contribution in [1.29, 1.82) is 5.26 Å². The summed E-state index contributed by atoms with van der Waals surface area (Å²) in [4.78, 5) is 13.9. The van der Waals surface area contributed by atoms with Crippen LogP contribution in [0.2, 0.25) is 0 Å². The smallest absolute Gasteiger partial charge is 0.235 e. The van der Waals surface area contributed by atoms with E-state index in [9.17, 15) is 10.1 Å². The summed E-state index contributed by atoms with van der Waals surface area (Å²) >= 11 is 0. The van der Waals surface area contributed by atoms with E-state index in [2.05, 4.69) is 17.0 Å². The molecule has 1 heterocycles. The number of carbonyl (C=O) groups is 1. The second-order valence-corrected chi connectivity index (χ2v) is 5.56. The topological polar surface area (TPSA) is 70.1 Å². The van der Waals surface area contributed by atoms with Crippen LogP contribution >= 0.6 is 0 Å². The van der Waals surface area contributed by atoms with E-state index in [-0.39, 0.29) is 11.9 Å². The number of nitrogens with two attached hydrogens (primary N) is 1. The molecule has 1 aliphatic heterocycles. The molecule has 2 N–H and O–H groups in total. The average Bonchev–Trinajstić information content (AvgIpc) is 2.54. The average molecular weight is 291 g/mol. The number of nitrogens with zero attached hydrogens (tertiary/aromatic N) is 2. The molecule has 0 aliphatic carbocycles. The summed E-state index contributed by atoms with van der Waals surface area (Å²) in [5.74, 6) is -0.316. The molecule has 0 bridgehead atoms. The molecule has 1 atom stereocenters. The number of rotatable bonds is 3. The largest absolute Gasteiger partial charge is 0.368 e. The predicted octanol–water partition coefficient (Wildman–Crippen LogP) is 1.97. The number of hydrogen-bond acceptors (Lipinski definition) is 3. The van der Waals surface area contributed by atoms with Gasteiger partial charge in [0, 0.05) is 13.1 Å². The number of amides is 1. The lowest BCUT2D eigenvalue weighted by Crippen LogP contribution is -2.48. The molecule has 4 heteroatoms. The first-order valence-electron chi connectivity index (χ1n) is 7.27. The van der Waals surface area contributed by atoms with Crippen molar-refractivity contribution in [2.24, 2.45) is 5.73 Å². The minimum atomic E-state index is -0.332. The van der Waals surface area contributed by atoms with Crippen molar-refractivity contribution < 1.29 is 4.79 Å². The van der Waals surface area contributed by atoms with Crippen molar-refractivity contribution in [1.82, 2.24) is 4.90 Å². The Bertz CT molecular complexity index is 748. The third-order valence-corrected chi connectivity index (χ3v) is 4.19. The number of hydrogen-bond donors (Lipinski definition) is 1. The Kier molecular flexibility index (Phi) is 3.90. The zero-order valence-electron chi connectivity index (χ0n) is 12.2. The number of carbonyl (C=O) groups excluding carboxylic acids is 1. The minimum absolute atomic E-state index is 0.316. The normalized spacial score (nSPS) is 17.5. The number of nitriles is 1. The van der Waals surface area contributed by atoms with Crippen LogP contribution in [0.25, 0.3) is 0 Å². The molecule has 4 nitrogen and oxygen atoms in total. The molecule has 0 aromatic heterocycles. The van der Waals surface area contributed by atoms with Gasteiger partial charge in [0.25, 0.3) is 0 Å². The summed E-state index contributed by atoms with van der Waals surface area (Å²) in [5.41, 5.74) is 9.56. The molecule has 0 fully saturated rings. The molecule has 2 aromatic carbocycles. The van der Waals surface area contributed by atoms with E-state index < -0.39 is 0 Å². The Hall–Kier alpha value is -2.64. The van der Waals surface area contributed by atoms with Crippen LogP contribution in [0.15, 0.2) is 48.5 Å². The highest BCUT2D eigenvalue weighted by Gasteiger charge is 2.30. The fraction of sp³-hybridized carbons (Fsp3) is 0.222. The summed E-state index contributed by atoms with van der Waals surface area (Å²) in [5, 5.41) is 9.22. The maximum Gasteiger partial charge on any atom is 0.235 e. The van der Waals surface area contributed by atoms with E-state index >= 15 is 0 Å². The first-order valence-corrected chi connectivity index (χ1v) is 7.27. The van der Waals surface area contributed by atoms with Crippen LogP contribution in [-0.2, 0) is 24.3 Å². The number of primary amides is 1. The van der Waals surface area contributed by atoms with Gasteiger partial charge in [-0.05, 0) is 29.2 Å². The van der Waals surface area contributed by atoms with Crippen LogP contribution in [0.1, 0.15) is 22.3 Å². The molecular formula is C18H17N3O. The molecule has 1 unspecified atom stereocenters. The van der Waals surface area contributed by atoms with Crippen molar-refractivity contribution in [3.63, 3.8) is 0 Å². The van der Waals surface area contributed by atoms with E-state index in [4.69, 9.17) is 5.73 Å². The highest BCUT2D eigenvalue weighted by molar-refractivity contribution is 5.80. The van der Waals surface area contributed by atoms with Crippen LogP contribution < -0.4 is 5.73 Å². The second kappa shape index (κ2) is 6.00. The van der Waals surface area contributed by atoms with Crippen molar-refractivity contribution in [2.75, 3.05) is 0 Å². The van der Waals surface area contributed by atoms with Crippen LogP contribution in [0.3, 0.4) is 0 Å². The van der Waals surface area contributed by atoms with Gasteiger partial charge in [-0.15, -0.1) is 0 Å². The SMILES string of the molecule is N#Cc1ccccc1CN1Cc2ccccc2CC1C(N)=O. The Balaban J connectivity index is 1.91. The summed E-state index contributed by atoms with van der Waals surface area (Å²) in [6, 6.07) is 17.5. The monoisotopic (exact) mass is 291 g/mol. The summed E-state index contributed by atoms with van der Waals surface area (Å²) in [6.07, 6.45) is 0.625. The molecule has 1 aliphatic rings. The quantitative estimate of drug-likeness (QED) is 0.940. The van der Waals surface area contributed by atoms with Crippen LogP contribution in [-0.4, -0.2) is 16.8 Å². The molecular weight excluding hydrogens is 274 g/mol. The van der Waals surface area contributed by atoms with E-state index in [1.165, 1.54) is 11.1 Å². The standard InChI is InChI=1S/C18H17N3O/c19-10-14-6-2-4-8-16(14)12-21-11-15-7-3-1-5-13(15)9-17(21)18(20)22/h1-8,17H,9,11-12H2,(H2,20,22). The van der Waals surface area contributed by atoms with E-state index in [1.54, 1.807) is 6.07 Å². The third-order valence-electron chi connectivity index (χ3n) is 4.19. The van der Waals surface area contributed by atoms with Gasteiger partial charge < -0.3 is 5.73 Å². The van der Waals surface area contributed by atoms with Gasteiger partial charge in [0.05, 0.1) is 17.7 Å². The Labute approximate surface area is 129 Å². The molecule has 22 heavy (non-hydrogen) atoms. The van der Waals surface area contributed by atoms with Gasteiger partial charge in [0.1, 0.15) is 0 Å². The molecule has 0 radical (unpaired) electrons. The third kappa shape index (κ3) is 2.72. The fourth-order valence-corrected chi connectivity index (χ4v) is 3.01. The molecule has 0 spiro atoms. The summed E-state index contributed by atoms with van der Waals surface area (Å²) < 4.78 is 0. The highest BCUT2D eigenvalue weighted by Crippen LogP contribution is 2.25. The zero-order chi connectivity index (χ0) is 15.5. The van der Waals surface area contributed by atoms with Crippen molar-refractivity contribution in [2.45, 2.75) is 25.6 Å². The van der Waals surface area contributed by atoms with E-state index in [1.807, 2.05) is 36.4 Å². The van der Waals surface area contributed by atoms with Gasteiger partial charge in [-0.2, -0.15) is 5.26 Å². The maximum absolute atomic E-state index is 11.8. The van der Waals surface area contributed by atoms with E-state index in [0.29, 0.717) is 25.1 Å². The van der Waals surface area contributed by atoms with Crippen molar-refractivity contribution in [3.8, 4) is 6.07 Å². The number of benzene rings is 2. The Morgan fingerprint density at radius 3 is 2.59 bits per heavy atom. The number of fused-ring (bicyclic) bond motifs is 1. The summed E-state index contributed by atoms with van der Waals surface area (Å²) in [7, 11) is 0. The van der Waals surface area contributed by atoms with Gasteiger partial charge in [-0.3, -0.25) is 9.69 Å². The van der Waals surface area contributed by atoms with Gasteiger partial charge in [-0.25, -0.2) is 0 Å². The predicted molar refractivity (Wildman–Crippen MR) is 83.5 cm³/mol. The van der Waals surface area contributed by atoms with Crippen LogP contribution in [0.4, 0.5) is 0 Å². The van der Waals surface area contributed by atoms with Crippen LogP contribution in [0, 0.1) is 11.3 Å². The molecule has 0 saturated carbocycles. The van der Waals surface area contributed by atoms with Gasteiger partial charge in [0.15, 0.2) is 0 Å². The summed E-state index contributed by atoms with van der Waals surface area (Å²) in [6.45, 7) is 1.22. The lowest BCUT2D eigenvalue weighted by Gasteiger charge is -2.35. The molecule has 110 valence electrons. The minimum Gasteiger partial charge on any atom is -0.368 e. The Morgan fingerprint density at radius 2 is 1.86 bits per heavy atom. The highest BCUT2D eigenvalue weighted by atomic mass is 16.1. The molecule has 0 saturated heterocycles. The van der Waals surface area contributed by atoms with Gasteiger partial charge >= 0.3 is 0 Å². The second-order valence-electron chi connectivity index (χ2n) is 5.56. The van der Waals surface area contributed by atoms with Gasteiger partial charge in [0.2, 0.25) is 5.91 Å². The van der Waals surface area contributed by atoms with Crippen LogP contribution in [0.5, 0.6) is 0 Å². The Morgan fingerprint density at radius 1 is 1.18 bits per heavy atom. The maximum atomic E-state index is 11.8. The lowest BCUT2D eigenvalue weighted by atomic mass is 9.93. The van der Waals surface area contributed by atoms with E-state index in [0.717, 1.165) is 5.56 Å². The fourth-order valence-electron chi connectivity index (χ4n) is 3.01. The first-order chi connectivity index (χ1) is 10.7. The zero-order valence-corrected chi connectivity index (χ0v) is 12.2. The van der Waals surface area contributed by atoms with Crippen molar-refractivity contribution >= 4 is 5.91 Å². The molecule has 1 amide bonds.